The molecule has 0 unspecified atom stereocenters. The smallest absolute Gasteiger partial charge is 0.333 e. The van der Waals surface area contributed by atoms with E-state index < -0.39 is 6.55 Å². The van der Waals surface area contributed by atoms with Crippen LogP contribution in [0.15, 0.2) is 12.3 Å². The van der Waals surface area contributed by atoms with Crippen LogP contribution in [0.3, 0.4) is 0 Å². The molecule has 26 heavy (non-hydrogen) atoms. The molecular formula is C18H26F2N4O2. The molecule has 3 heterocycles. The summed E-state index contributed by atoms with van der Waals surface area (Å²) < 4.78 is 25.8. The number of aromatic nitrogens is 2. The van der Waals surface area contributed by atoms with Crippen molar-refractivity contribution < 1.29 is 18.4 Å². The highest BCUT2D eigenvalue weighted by Crippen LogP contribution is 2.32. The summed E-state index contributed by atoms with van der Waals surface area (Å²) in [6, 6.07) is 1.51. The summed E-state index contributed by atoms with van der Waals surface area (Å²) in [5, 5.41) is 3.68. The molecule has 2 aliphatic heterocycles. The van der Waals surface area contributed by atoms with Crippen LogP contribution in [0.1, 0.15) is 56.6 Å². The Hall–Kier alpha value is -1.99. The largest absolute Gasteiger partial charge is 0.339 e. The number of fused-ring (bicyclic) bond motifs is 1. The number of likely N-dealkylation sites (tertiary alicyclic amines) is 2. The Bertz CT molecular complexity index is 661. The zero-order chi connectivity index (χ0) is 18.8. The number of carbonyl (C=O) groups is 2. The van der Waals surface area contributed by atoms with E-state index in [2.05, 4.69) is 18.9 Å². The van der Waals surface area contributed by atoms with Crippen LogP contribution in [0.2, 0.25) is 0 Å². The fourth-order valence-electron chi connectivity index (χ4n) is 3.95. The van der Waals surface area contributed by atoms with Crippen LogP contribution in [0, 0.1) is 11.8 Å². The van der Waals surface area contributed by atoms with Crippen molar-refractivity contribution in [2.45, 2.75) is 52.1 Å². The molecule has 3 rings (SSSR count). The van der Waals surface area contributed by atoms with Crippen molar-refractivity contribution in [2.75, 3.05) is 19.6 Å². The SMILES string of the molecule is CC(C)CCN1C(=O)CC[C@H]2CN(C(=O)c3ccn(C(F)F)n3)CC[C@H]21. The van der Waals surface area contributed by atoms with Gasteiger partial charge in [-0.05, 0) is 37.2 Å². The third kappa shape index (κ3) is 3.88. The number of carbonyl (C=O) groups excluding carboxylic acids is 2. The minimum absolute atomic E-state index is 0.0484. The molecule has 0 aliphatic carbocycles. The highest BCUT2D eigenvalue weighted by molar-refractivity contribution is 5.92. The standard InChI is InChI=1S/C18H26F2N4O2/c1-12(2)5-9-23-15-7-8-22(11-13(15)3-4-16(23)25)17(26)14-6-10-24(21-14)18(19)20/h6,10,12-13,15,18H,3-5,7-9,11H2,1-2H3/t13-,15+/m0/s1. The number of halogens is 2. The Morgan fingerprint density at radius 2 is 2.12 bits per heavy atom. The molecule has 6 nitrogen and oxygen atoms in total. The van der Waals surface area contributed by atoms with E-state index >= 15 is 0 Å². The van der Waals surface area contributed by atoms with Crippen LogP contribution < -0.4 is 0 Å². The van der Waals surface area contributed by atoms with Gasteiger partial charge in [-0.15, -0.1) is 0 Å². The topological polar surface area (TPSA) is 58.4 Å². The summed E-state index contributed by atoms with van der Waals surface area (Å²) >= 11 is 0. The van der Waals surface area contributed by atoms with Gasteiger partial charge in [-0.25, -0.2) is 4.68 Å². The Kier molecular flexibility index (Phi) is 5.58. The molecule has 0 N–H and O–H groups in total. The molecule has 2 amide bonds. The Morgan fingerprint density at radius 1 is 1.35 bits per heavy atom. The number of hydrogen-bond acceptors (Lipinski definition) is 3. The van der Waals surface area contributed by atoms with Gasteiger partial charge in [0.2, 0.25) is 5.91 Å². The monoisotopic (exact) mass is 368 g/mol. The Balaban J connectivity index is 1.65. The minimum atomic E-state index is -2.75. The molecule has 2 aliphatic rings. The lowest BCUT2D eigenvalue weighted by Gasteiger charge is -2.47. The summed E-state index contributed by atoms with van der Waals surface area (Å²) in [5.41, 5.74) is 0.0484. The highest BCUT2D eigenvalue weighted by Gasteiger charge is 2.40. The van der Waals surface area contributed by atoms with E-state index in [9.17, 15) is 18.4 Å². The third-order valence-corrected chi connectivity index (χ3v) is 5.41. The molecule has 2 atom stereocenters. The maximum atomic E-state index is 12.7. The fourth-order valence-corrected chi connectivity index (χ4v) is 3.95. The van der Waals surface area contributed by atoms with Crippen LogP contribution in [0.4, 0.5) is 8.78 Å². The van der Waals surface area contributed by atoms with Gasteiger partial charge in [0.05, 0.1) is 0 Å². The van der Waals surface area contributed by atoms with Crippen LogP contribution >= 0.6 is 0 Å². The van der Waals surface area contributed by atoms with Crippen molar-refractivity contribution in [1.82, 2.24) is 19.6 Å². The average molecular weight is 368 g/mol. The van der Waals surface area contributed by atoms with Crippen LogP contribution in [-0.2, 0) is 4.79 Å². The number of rotatable bonds is 5. The van der Waals surface area contributed by atoms with Crippen molar-refractivity contribution in [1.29, 1.82) is 0 Å². The molecule has 144 valence electrons. The molecule has 0 saturated carbocycles. The van der Waals surface area contributed by atoms with E-state index in [4.69, 9.17) is 0 Å². The van der Waals surface area contributed by atoms with Crippen molar-refractivity contribution in [3.63, 3.8) is 0 Å². The van der Waals surface area contributed by atoms with Crippen molar-refractivity contribution in [3.8, 4) is 0 Å². The summed E-state index contributed by atoms with van der Waals surface area (Å²) in [6.07, 6.45) is 4.12. The second kappa shape index (κ2) is 7.72. The first-order valence-electron chi connectivity index (χ1n) is 9.29. The van der Waals surface area contributed by atoms with E-state index in [0.717, 1.165) is 32.0 Å². The second-order valence-corrected chi connectivity index (χ2v) is 7.63. The van der Waals surface area contributed by atoms with Crippen molar-refractivity contribution >= 4 is 11.8 Å². The van der Waals surface area contributed by atoms with Gasteiger partial charge >= 0.3 is 6.55 Å². The predicted molar refractivity (Wildman–Crippen MR) is 91.7 cm³/mol. The molecule has 0 bridgehead atoms. The van der Waals surface area contributed by atoms with E-state index in [1.54, 1.807) is 4.90 Å². The number of alkyl halides is 2. The van der Waals surface area contributed by atoms with Gasteiger partial charge in [0.1, 0.15) is 0 Å². The van der Waals surface area contributed by atoms with Crippen LogP contribution in [-0.4, -0.2) is 57.1 Å². The Labute approximate surface area is 152 Å². The molecule has 0 aromatic carbocycles. The number of nitrogens with zero attached hydrogens (tertiary/aromatic N) is 4. The summed E-state index contributed by atoms with van der Waals surface area (Å²) in [7, 11) is 0. The van der Waals surface area contributed by atoms with Gasteiger partial charge in [0, 0.05) is 38.3 Å². The van der Waals surface area contributed by atoms with Crippen molar-refractivity contribution in [2.24, 2.45) is 11.8 Å². The van der Waals surface area contributed by atoms with Gasteiger partial charge in [0.25, 0.3) is 5.91 Å². The van der Waals surface area contributed by atoms with Crippen molar-refractivity contribution in [3.05, 3.63) is 18.0 Å². The summed E-state index contributed by atoms with van der Waals surface area (Å²) in [5.74, 6) is 0.681. The first-order chi connectivity index (χ1) is 12.4. The first-order valence-corrected chi connectivity index (χ1v) is 9.29. The quantitative estimate of drug-likeness (QED) is 0.803. The highest BCUT2D eigenvalue weighted by atomic mass is 19.3. The van der Waals surface area contributed by atoms with Crippen LogP contribution in [0.25, 0.3) is 0 Å². The molecule has 2 saturated heterocycles. The third-order valence-electron chi connectivity index (χ3n) is 5.41. The number of hydrogen-bond donors (Lipinski definition) is 0. The Morgan fingerprint density at radius 3 is 2.77 bits per heavy atom. The van der Waals surface area contributed by atoms with Gasteiger partial charge in [-0.1, -0.05) is 13.8 Å². The van der Waals surface area contributed by atoms with E-state index in [1.807, 2.05) is 4.90 Å². The zero-order valence-corrected chi connectivity index (χ0v) is 15.3. The van der Waals surface area contributed by atoms with Gasteiger partial charge < -0.3 is 9.80 Å². The fraction of sp³-hybridized carbons (Fsp3) is 0.722. The average Bonchev–Trinajstić information content (AvgIpc) is 3.10. The van der Waals surface area contributed by atoms with Gasteiger partial charge in [-0.3, -0.25) is 9.59 Å². The molecular weight excluding hydrogens is 342 g/mol. The van der Waals surface area contributed by atoms with Gasteiger partial charge in [-0.2, -0.15) is 13.9 Å². The number of amides is 2. The maximum Gasteiger partial charge on any atom is 0.333 e. The normalized spacial score (nSPS) is 23.7. The number of piperidine rings is 2. The van der Waals surface area contributed by atoms with Crippen LogP contribution in [0.5, 0.6) is 0 Å². The first kappa shape index (κ1) is 18.8. The lowest BCUT2D eigenvalue weighted by atomic mass is 9.83. The second-order valence-electron chi connectivity index (χ2n) is 7.63. The minimum Gasteiger partial charge on any atom is -0.339 e. The van der Waals surface area contributed by atoms with Gasteiger partial charge in [0.15, 0.2) is 5.69 Å². The maximum absolute atomic E-state index is 12.7. The summed E-state index contributed by atoms with van der Waals surface area (Å²) in [6.45, 7) is 3.38. The molecule has 1 aromatic rings. The molecule has 0 spiro atoms. The lowest BCUT2D eigenvalue weighted by Crippen LogP contribution is -2.57. The predicted octanol–water partition coefficient (Wildman–Crippen LogP) is 2.78. The zero-order valence-electron chi connectivity index (χ0n) is 15.3. The van der Waals surface area contributed by atoms with E-state index in [0.29, 0.717) is 30.1 Å². The van der Waals surface area contributed by atoms with E-state index in [1.165, 1.54) is 6.07 Å². The molecule has 2 fully saturated rings. The van der Waals surface area contributed by atoms with E-state index in [-0.39, 0.29) is 29.5 Å². The lowest BCUT2D eigenvalue weighted by molar-refractivity contribution is -0.140. The summed E-state index contributed by atoms with van der Waals surface area (Å²) in [4.78, 5) is 28.6. The molecule has 8 heteroatoms. The molecule has 0 radical (unpaired) electrons. The molecule has 1 aromatic heterocycles.